The molecule has 0 aromatic heterocycles. The Balaban J connectivity index is 3.18. The summed E-state index contributed by atoms with van der Waals surface area (Å²) in [6, 6.07) is 0. The molecule has 5 nitrogen and oxygen atoms in total. The van der Waals surface area contributed by atoms with Crippen molar-refractivity contribution < 1.29 is 19.1 Å². The first kappa shape index (κ1) is 10.9. The molecule has 15 heavy (non-hydrogen) atoms. The molecule has 0 aromatic carbocycles. The van der Waals surface area contributed by atoms with Gasteiger partial charge in [0.1, 0.15) is 0 Å². The Morgan fingerprint density at radius 3 is 2.00 bits per heavy atom. The van der Waals surface area contributed by atoms with E-state index in [1.54, 1.807) is 12.2 Å². The molecule has 1 rings (SSSR count). The molecular formula is C10H9NO4. The van der Waals surface area contributed by atoms with Gasteiger partial charge in [-0.3, -0.25) is 9.59 Å². The van der Waals surface area contributed by atoms with E-state index in [1.807, 2.05) is 0 Å². The summed E-state index contributed by atoms with van der Waals surface area (Å²) in [5.41, 5.74) is 0.0999. The van der Waals surface area contributed by atoms with E-state index in [2.05, 4.69) is 4.74 Å². The van der Waals surface area contributed by atoms with E-state index in [0.717, 1.165) is 4.90 Å². The first-order valence-electron chi connectivity index (χ1n) is 4.11. The molecule has 0 bridgehead atoms. The summed E-state index contributed by atoms with van der Waals surface area (Å²) in [5, 5.41) is 0. The lowest BCUT2D eigenvalue weighted by atomic mass is 10.3. The van der Waals surface area contributed by atoms with Gasteiger partial charge >= 0.3 is 6.09 Å². The molecule has 0 aliphatic carbocycles. The average Bonchev–Trinajstić information content (AvgIpc) is 2.49. The van der Waals surface area contributed by atoms with Crippen LogP contribution < -0.4 is 0 Å². The van der Waals surface area contributed by atoms with Gasteiger partial charge in [-0.05, 0) is 12.2 Å². The van der Waals surface area contributed by atoms with Crippen LogP contribution in [0.3, 0.4) is 0 Å². The minimum absolute atomic E-state index is 0.0500. The van der Waals surface area contributed by atoms with Crippen molar-refractivity contribution in [2.75, 3.05) is 7.11 Å². The van der Waals surface area contributed by atoms with Crippen molar-refractivity contribution >= 4 is 18.7 Å². The molecule has 0 aromatic rings. The van der Waals surface area contributed by atoms with Gasteiger partial charge in [0.25, 0.3) is 0 Å². The van der Waals surface area contributed by atoms with E-state index in [9.17, 15) is 14.4 Å². The summed E-state index contributed by atoms with van der Waals surface area (Å²) in [6.07, 6.45) is 6.10. The van der Waals surface area contributed by atoms with Crippen LogP contribution in [0, 0.1) is 0 Å². The number of rotatable bonds is 2. The van der Waals surface area contributed by atoms with Crippen LogP contribution >= 0.6 is 0 Å². The lowest BCUT2D eigenvalue weighted by Crippen LogP contribution is -2.30. The molecule has 1 heterocycles. The normalized spacial score (nSPS) is 14.9. The van der Waals surface area contributed by atoms with Crippen molar-refractivity contribution in [1.29, 1.82) is 0 Å². The second kappa shape index (κ2) is 4.90. The second-order valence-electron chi connectivity index (χ2n) is 2.61. The van der Waals surface area contributed by atoms with Crippen LogP contribution in [-0.2, 0) is 14.3 Å². The number of carbonyl (C=O) groups is 3. The first-order valence-corrected chi connectivity index (χ1v) is 4.11. The van der Waals surface area contributed by atoms with Crippen LogP contribution in [0.4, 0.5) is 4.79 Å². The van der Waals surface area contributed by atoms with Crippen LogP contribution in [0.25, 0.3) is 0 Å². The summed E-state index contributed by atoms with van der Waals surface area (Å²) in [6.45, 7) is 0. The van der Waals surface area contributed by atoms with E-state index < -0.39 is 6.09 Å². The van der Waals surface area contributed by atoms with E-state index in [1.165, 1.54) is 19.3 Å². The highest BCUT2D eigenvalue weighted by Gasteiger charge is 2.22. The maximum Gasteiger partial charge on any atom is 0.418 e. The minimum atomic E-state index is -0.782. The predicted molar refractivity (Wildman–Crippen MR) is 51.7 cm³/mol. The predicted octanol–water partition coefficient (Wildman–Crippen LogP) is 0.790. The van der Waals surface area contributed by atoms with Crippen LogP contribution in [0.2, 0.25) is 0 Å². The molecule has 78 valence electrons. The Morgan fingerprint density at radius 2 is 1.67 bits per heavy atom. The fraction of sp³-hybridized carbons (Fsp3) is 0.100. The zero-order valence-electron chi connectivity index (χ0n) is 8.04. The number of allylic oxidation sites excluding steroid dienone is 6. The van der Waals surface area contributed by atoms with Crippen molar-refractivity contribution in [2.24, 2.45) is 0 Å². The quantitative estimate of drug-likeness (QED) is 0.628. The van der Waals surface area contributed by atoms with Gasteiger partial charge in [-0.15, -0.1) is 0 Å². The van der Waals surface area contributed by atoms with Gasteiger partial charge in [0, 0.05) is 0 Å². The van der Waals surface area contributed by atoms with Crippen molar-refractivity contribution in [2.45, 2.75) is 0 Å². The zero-order valence-corrected chi connectivity index (χ0v) is 8.04. The van der Waals surface area contributed by atoms with Crippen molar-refractivity contribution in [3.05, 3.63) is 35.7 Å². The number of methoxy groups -OCH3 is 1. The topological polar surface area (TPSA) is 63.7 Å². The fourth-order valence-electron chi connectivity index (χ4n) is 1.09. The lowest BCUT2D eigenvalue weighted by Gasteiger charge is -2.19. The molecule has 0 unspecified atom stereocenters. The maximum absolute atomic E-state index is 11.3. The fourth-order valence-corrected chi connectivity index (χ4v) is 1.09. The molecule has 0 atom stereocenters. The van der Waals surface area contributed by atoms with E-state index in [-0.39, 0.29) is 11.4 Å². The number of carbonyl (C=O) groups excluding carboxylic acids is 3. The molecule has 5 heteroatoms. The number of hydrogen-bond donors (Lipinski definition) is 0. The Morgan fingerprint density at radius 1 is 1.20 bits per heavy atom. The van der Waals surface area contributed by atoms with Gasteiger partial charge in [0.15, 0.2) is 12.6 Å². The van der Waals surface area contributed by atoms with Crippen LogP contribution in [-0.4, -0.2) is 30.7 Å². The van der Waals surface area contributed by atoms with Crippen molar-refractivity contribution in [3.63, 3.8) is 0 Å². The maximum atomic E-state index is 11.3. The largest absolute Gasteiger partial charge is 0.452 e. The third-order valence-corrected chi connectivity index (χ3v) is 1.76. The third kappa shape index (κ3) is 2.19. The van der Waals surface area contributed by atoms with Gasteiger partial charge in [0.05, 0.1) is 18.5 Å². The SMILES string of the molecule is COC(=O)N1C(C=O)=CC=CC=C1C=O. The Bertz CT molecular complexity index is 351. The minimum Gasteiger partial charge on any atom is -0.452 e. The molecular weight excluding hydrogens is 198 g/mol. The molecule has 1 aliphatic heterocycles. The summed E-state index contributed by atoms with van der Waals surface area (Å²) < 4.78 is 4.47. The van der Waals surface area contributed by atoms with Gasteiger partial charge in [-0.1, -0.05) is 12.2 Å². The van der Waals surface area contributed by atoms with Gasteiger partial charge in [-0.2, -0.15) is 0 Å². The molecule has 0 saturated carbocycles. The third-order valence-electron chi connectivity index (χ3n) is 1.76. The molecule has 1 amide bonds. The molecule has 0 N–H and O–H groups in total. The number of hydrogen-bond acceptors (Lipinski definition) is 4. The second-order valence-corrected chi connectivity index (χ2v) is 2.61. The van der Waals surface area contributed by atoms with E-state index >= 15 is 0 Å². The standard InChI is InChI=1S/C10H9NO4/c1-15-10(14)11-8(6-12)4-2-3-5-9(11)7-13/h2-7H,1H3. The Kier molecular flexibility index (Phi) is 3.56. The zero-order chi connectivity index (χ0) is 11.3. The smallest absolute Gasteiger partial charge is 0.418 e. The number of amides is 1. The Hall–Kier alpha value is -2.17. The van der Waals surface area contributed by atoms with Gasteiger partial charge < -0.3 is 4.74 Å². The number of nitrogens with zero attached hydrogens (tertiary/aromatic N) is 1. The summed E-state index contributed by atoms with van der Waals surface area (Å²) in [7, 11) is 1.17. The van der Waals surface area contributed by atoms with Crippen molar-refractivity contribution in [3.8, 4) is 0 Å². The van der Waals surface area contributed by atoms with Crippen LogP contribution in [0.15, 0.2) is 35.7 Å². The van der Waals surface area contributed by atoms with Crippen LogP contribution in [0.1, 0.15) is 0 Å². The highest BCUT2D eigenvalue weighted by atomic mass is 16.5. The van der Waals surface area contributed by atoms with E-state index in [0.29, 0.717) is 12.6 Å². The first-order chi connectivity index (χ1) is 7.24. The monoisotopic (exact) mass is 207 g/mol. The number of aldehydes is 2. The molecule has 0 radical (unpaired) electrons. The average molecular weight is 207 g/mol. The van der Waals surface area contributed by atoms with Gasteiger partial charge in [0.2, 0.25) is 0 Å². The molecule has 0 saturated heterocycles. The van der Waals surface area contributed by atoms with E-state index in [4.69, 9.17) is 0 Å². The van der Waals surface area contributed by atoms with Crippen LogP contribution in [0.5, 0.6) is 0 Å². The summed E-state index contributed by atoms with van der Waals surface area (Å²) in [4.78, 5) is 33.7. The highest BCUT2D eigenvalue weighted by molar-refractivity contribution is 5.90. The summed E-state index contributed by atoms with van der Waals surface area (Å²) >= 11 is 0. The Labute approximate surface area is 86.3 Å². The molecule has 0 fully saturated rings. The molecule has 0 spiro atoms. The highest BCUT2D eigenvalue weighted by Crippen LogP contribution is 2.14. The number of ether oxygens (including phenoxy) is 1. The molecule has 1 aliphatic rings. The lowest BCUT2D eigenvalue weighted by molar-refractivity contribution is -0.106. The summed E-state index contributed by atoms with van der Waals surface area (Å²) in [5.74, 6) is 0. The van der Waals surface area contributed by atoms with Gasteiger partial charge in [-0.25, -0.2) is 9.69 Å². The van der Waals surface area contributed by atoms with Crippen molar-refractivity contribution in [1.82, 2.24) is 4.90 Å².